The molecule has 0 heterocycles. The standard InChI is InChI=1S/C14H18O3/c1-8-6-9(2)13(12(7-8)17-3)10-4-5-11(10)14(15)16/h6-7,10-11H,4-5H2,1-3H3,(H,15,16). The molecule has 2 unspecified atom stereocenters. The van der Waals surface area contributed by atoms with Gasteiger partial charge < -0.3 is 9.84 Å². The van der Waals surface area contributed by atoms with Crippen LogP contribution in [0.15, 0.2) is 12.1 Å². The molecule has 2 atom stereocenters. The van der Waals surface area contributed by atoms with Gasteiger partial charge in [-0.05, 0) is 43.9 Å². The average Bonchev–Trinajstić information content (AvgIpc) is 2.18. The predicted molar refractivity (Wildman–Crippen MR) is 65.6 cm³/mol. The van der Waals surface area contributed by atoms with Crippen LogP contribution in [0.4, 0.5) is 0 Å². The smallest absolute Gasteiger partial charge is 0.307 e. The van der Waals surface area contributed by atoms with E-state index in [1.165, 1.54) is 0 Å². The third-order valence-corrected chi connectivity index (χ3v) is 3.68. The van der Waals surface area contributed by atoms with Crippen molar-refractivity contribution in [2.24, 2.45) is 5.92 Å². The zero-order chi connectivity index (χ0) is 12.6. The first kappa shape index (κ1) is 12.0. The number of methoxy groups -OCH3 is 1. The van der Waals surface area contributed by atoms with Crippen LogP contribution in [0.3, 0.4) is 0 Å². The lowest BCUT2D eigenvalue weighted by molar-refractivity contribution is -0.145. The molecule has 0 saturated heterocycles. The molecule has 1 saturated carbocycles. The van der Waals surface area contributed by atoms with Gasteiger partial charge in [0.05, 0.1) is 13.0 Å². The highest BCUT2D eigenvalue weighted by Crippen LogP contribution is 2.47. The monoisotopic (exact) mass is 234 g/mol. The van der Waals surface area contributed by atoms with E-state index in [0.29, 0.717) is 0 Å². The maximum Gasteiger partial charge on any atom is 0.307 e. The fraction of sp³-hybridized carbons (Fsp3) is 0.500. The molecule has 0 aliphatic heterocycles. The highest BCUT2D eigenvalue weighted by molar-refractivity contribution is 5.73. The van der Waals surface area contributed by atoms with Gasteiger partial charge in [0.2, 0.25) is 0 Å². The Morgan fingerprint density at radius 3 is 2.53 bits per heavy atom. The Morgan fingerprint density at radius 1 is 1.35 bits per heavy atom. The van der Waals surface area contributed by atoms with Crippen LogP contribution in [0.25, 0.3) is 0 Å². The van der Waals surface area contributed by atoms with Crippen molar-refractivity contribution < 1.29 is 14.6 Å². The third kappa shape index (κ3) is 2.02. The summed E-state index contributed by atoms with van der Waals surface area (Å²) in [6.45, 7) is 4.05. The molecule has 17 heavy (non-hydrogen) atoms. The number of rotatable bonds is 3. The van der Waals surface area contributed by atoms with Gasteiger partial charge in [0.1, 0.15) is 5.75 Å². The number of ether oxygens (including phenoxy) is 1. The van der Waals surface area contributed by atoms with E-state index in [1.54, 1.807) is 7.11 Å². The second-order valence-electron chi connectivity index (χ2n) is 4.83. The summed E-state index contributed by atoms with van der Waals surface area (Å²) >= 11 is 0. The van der Waals surface area contributed by atoms with E-state index in [4.69, 9.17) is 9.84 Å². The SMILES string of the molecule is COc1cc(C)cc(C)c1C1CCC1C(=O)O. The van der Waals surface area contributed by atoms with Gasteiger partial charge in [-0.1, -0.05) is 6.07 Å². The molecule has 0 amide bonds. The molecule has 1 N–H and O–H groups in total. The molecule has 1 aromatic rings. The van der Waals surface area contributed by atoms with Crippen LogP contribution in [0.2, 0.25) is 0 Å². The summed E-state index contributed by atoms with van der Waals surface area (Å²) in [7, 11) is 1.64. The summed E-state index contributed by atoms with van der Waals surface area (Å²) < 4.78 is 5.40. The minimum Gasteiger partial charge on any atom is -0.496 e. The van der Waals surface area contributed by atoms with Gasteiger partial charge in [0.25, 0.3) is 0 Å². The van der Waals surface area contributed by atoms with Crippen LogP contribution in [0.5, 0.6) is 5.75 Å². The van der Waals surface area contributed by atoms with E-state index in [-0.39, 0.29) is 11.8 Å². The second kappa shape index (κ2) is 4.40. The first-order valence-electron chi connectivity index (χ1n) is 5.92. The largest absolute Gasteiger partial charge is 0.496 e. The summed E-state index contributed by atoms with van der Waals surface area (Å²) in [5.41, 5.74) is 3.36. The van der Waals surface area contributed by atoms with Gasteiger partial charge in [0.15, 0.2) is 0 Å². The van der Waals surface area contributed by atoms with Crippen molar-refractivity contribution in [2.45, 2.75) is 32.6 Å². The van der Waals surface area contributed by atoms with Gasteiger partial charge >= 0.3 is 5.97 Å². The number of aliphatic carboxylic acids is 1. The molecular weight excluding hydrogens is 216 g/mol. The number of carbonyl (C=O) groups is 1. The zero-order valence-corrected chi connectivity index (χ0v) is 10.5. The molecule has 92 valence electrons. The van der Waals surface area contributed by atoms with Crippen molar-refractivity contribution in [1.29, 1.82) is 0 Å². The minimum absolute atomic E-state index is 0.114. The molecule has 0 radical (unpaired) electrons. The molecule has 1 aliphatic rings. The van der Waals surface area contributed by atoms with Gasteiger partial charge in [-0.3, -0.25) is 4.79 Å². The van der Waals surface area contributed by atoms with Crippen LogP contribution < -0.4 is 4.74 Å². The Morgan fingerprint density at radius 2 is 2.06 bits per heavy atom. The van der Waals surface area contributed by atoms with E-state index in [1.807, 2.05) is 19.9 Å². The van der Waals surface area contributed by atoms with Crippen LogP contribution in [0, 0.1) is 19.8 Å². The topological polar surface area (TPSA) is 46.5 Å². The van der Waals surface area contributed by atoms with E-state index in [2.05, 4.69) is 6.07 Å². The fourth-order valence-electron chi connectivity index (χ4n) is 2.72. The van der Waals surface area contributed by atoms with E-state index < -0.39 is 5.97 Å². The lowest BCUT2D eigenvalue weighted by Crippen LogP contribution is -2.31. The Bertz CT molecular complexity index is 451. The van der Waals surface area contributed by atoms with Gasteiger partial charge in [-0.25, -0.2) is 0 Å². The summed E-state index contributed by atoms with van der Waals surface area (Å²) in [5.74, 6) is 0.00934. The molecular formula is C14H18O3. The zero-order valence-electron chi connectivity index (χ0n) is 10.5. The first-order chi connectivity index (χ1) is 8.04. The van der Waals surface area contributed by atoms with Gasteiger partial charge in [0, 0.05) is 11.5 Å². The number of aryl methyl sites for hydroxylation is 2. The maximum atomic E-state index is 11.1. The molecule has 1 fully saturated rings. The molecule has 3 nitrogen and oxygen atoms in total. The lowest BCUT2D eigenvalue weighted by Gasteiger charge is -2.35. The number of carboxylic acid groups (broad SMARTS) is 1. The van der Waals surface area contributed by atoms with Crippen molar-refractivity contribution in [2.75, 3.05) is 7.11 Å². The number of benzene rings is 1. The summed E-state index contributed by atoms with van der Waals surface area (Å²) in [6.07, 6.45) is 1.72. The van der Waals surface area contributed by atoms with Crippen molar-refractivity contribution in [1.82, 2.24) is 0 Å². The summed E-state index contributed by atoms with van der Waals surface area (Å²) in [6, 6.07) is 4.08. The van der Waals surface area contributed by atoms with E-state index in [0.717, 1.165) is 35.3 Å². The third-order valence-electron chi connectivity index (χ3n) is 3.68. The van der Waals surface area contributed by atoms with Gasteiger partial charge in [-0.2, -0.15) is 0 Å². The molecule has 0 bridgehead atoms. The van der Waals surface area contributed by atoms with Crippen molar-refractivity contribution in [3.05, 3.63) is 28.8 Å². The van der Waals surface area contributed by atoms with Crippen molar-refractivity contribution in [3.8, 4) is 5.75 Å². The minimum atomic E-state index is -0.691. The number of hydrogen-bond donors (Lipinski definition) is 1. The second-order valence-corrected chi connectivity index (χ2v) is 4.83. The summed E-state index contributed by atoms with van der Waals surface area (Å²) in [4.78, 5) is 11.1. The Hall–Kier alpha value is -1.51. The van der Waals surface area contributed by atoms with E-state index in [9.17, 15) is 4.79 Å². The fourth-order valence-corrected chi connectivity index (χ4v) is 2.72. The number of carboxylic acids is 1. The molecule has 1 aromatic carbocycles. The molecule has 1 aliphatic carbocycles. The predicted octanol–water partition coefficient (Wildman–Crippen LogP) is 2.89. The van der Waals surface area contributed by atoms with Crippen molar-refractivity contribution >= 4 is 5.97 Å². The normalized spacial score (nSPS) is 23.0. The van der Waals surface area contributed by atoms with Crippen LogP contribution in [-0.2, 0) is 4.79 Å². The highest BCUT2D eigenvalue weighted by Gasteiger charge is 2.39. The highest BCUT2D eigenvalue weighted by atomic mass is 16.5. The lowest BCUT2D eigenvalue weighted by atomic mass is 9.68. The van der Waals surface area contributed by atoms with Gasteiger partial charge in [-0.15, -0.1) is 0 Å². The van der Waals surface area contributed by atoms with Crippen LogP contribution in [-0.4, -0.2) is 18.2 Å². The van der Waals surface area contributed by atoms with Crippen molar-refractivity contribution in [3.63, 3.8) is 0 Å². The average molecular weight is 234 g/mol. The molecule has 0 spiro atoms. The molecule has 3 heteroatoms. The Labute approximate surface area is 101 Å². The maximum absolute atomic E-state index is 11.1. The van der Waals surface area contributed by atoms with Crippen LogP contribution >= 0.6 is 0 Å². The molecule has 0 aromatic heterocycles. The van der Waals surface area contributed by atoms with Crippen LogP contribution in [0.1, 0.15) is 35.4 Å². The Kier molecular flexibility index (Phi) is 3.09. The quantitative estimate of drug-likeness (QED) is 0.874. The van der Waals surface area contributed by atoms with E-state index >= 15 is 0 Å². The number of hydrogen-bond acceptors (Lipinski definition) is 2. The first-order valence-corrected chi connectivity index (χ1v) is 5.92. The summed E-state index contributed by atoms with van der Waals surface area (Å²) in [5, 5.41) is 9.13. The molecule has 2 rings (SSSR count). The Balaban J connectivity index is 2.41.